The molecule has 0 aliphatic carbocycles. The zero-order valence-electron chi connectivity index (χ0n) is 25.1. The molecule has 1 aliphatic heterocycles. The number of rotatable bonds is 12. The van der Waals surface area contributed by atoms with Crippen molar-refractivity contribution < 1.29 is 24.1 Å². The normalized spacial score (nSPS) is 18.3. The molecule has 4 aromatic rings. The molecule has 3 unspecified atom stereocenters. The van der Waals surface area contributed by atoms with Crippen LogP contribution in [-0.2, 0) is 27.7 Å². The van der Waals surface area contributed by atoms with Crippen molar-refractivity contribution >= 4 is 16.8 Å². The van der Waals surface area contributed by atoms with E-state index in [0.717, 1.165) is 33.6 Å². The third-order valence-electron chi connectivity index (χ3n) is 8.22. The fourth-order valence-corrected chi connectivity index (χ4v) is 5.96. The van der Waals surface area contributed by atoms with E-state index in [1.54, 1.807) is 17.9 Å². The number of benzene rings is 2. The van der Waals surface area contributed by atoms with Gasteiger partial charge in [0.05, 0.1) is 12.8 Å². The zero-order valence-corrected chi connectivity index (χ0v) is 25.1. The minimum absolute atomic E-state index is 0.000846. The lowest BCUT2D eigenvalue weighted by Gasteiger charge is -2.36. The molecule has 3 atom stereocenters. The number of aromatic amines is 1. The number of aliphatic hydroxyl groups excluding tert-OH is 1. The van der Waals surface area contributed by atoms with E-state index in [4.69, 9.17) is 14.2 Å². The molecular formula is C33H40N4O6. The molecule has 0 fully saturated rings. The van der Waals surface area contributed by atoms with Crippen LogP contribution in [0.1, 0.15) is 42.5 Å². The van der Waals surface area contributed by atoms with Gasteiger partial charge in [0.15, 0.2) is 5.76 Å². The van der Waals surface area contributed by atoms with Crippen LogP contribution in [0.15, 0.2) is 71.4 Å². The molecule has 1 aliphatic rings. The Hall–Kier alpha value is -4.28. The van der Waals surface area contributed by atoms with Gasteiger partial charge in [-0.2, -0.15) is 0 Å². The molecule has 0 radical (unpaired) electrons. The first kappa shape index (κ1) is 30.2. The Morgan fingerprint density at radius 2 is 1.98 bits per heavy atom. The van der Waals surface area contributed by atoms with Crippen molar-refractivity contribution in [2.24, 2.45) is 13.0 Å². The van der Waals surface area contributed by atoms with E-state index in [0.29, 0.717) is 38.0 Å². The van der Waals surface area contributed by atoms with Crippen LogP contribution >= 0.6 is 0 Å². The molecule has 3 N–H and O–H groups in total. The van der Waals surface area contributed by atoms with Crippen LogP contribution in [0.5, 0.6) is 5.75 Å². The average molecular weight is 589 g/mol. The van der Waals surface area contributed by atoms with Crippen molar-refractivity contribution in [3.05, 3.63) is 93.7 Å². The van der Waals surface area contributed by atoms with Gasteiger partial charge in [0.2, 0.25) is 6.29 Å². The second kappa shape index (κ2) is 13.4. The third kappa shape index (κ3) is 6.11. The number of carbonyl (C=O) groups excluding carboxylic acids is 1. The fourth-order valence-electron chi connectivity index (χ4n) is 5.96. The van der Waals surface area contributed by atoms with Crippen LogP contribution in [0.3, 0.4) is 0 Å². The summed E-state index contributed by atoms with van der Waals surface area (Å²) >= 11 is 0. The average Bonchev–Trinajstić information content (AvgIpc) is 3.52. The molecule has 2 aromatic heterocycles. The molecule has 5 rings (SSSR count). The number of fused-ring (bicyclic) bond motifs is 1. The lowest BCUT2D eigenvalue weighted by Crippen LogP contribution is -2.40. The summed E-state index contributed by atoms with van der Waals surface area (Å²) in [6, 6.07) is 15.3. The van der Waals surface area contributed by atoms with E-state index in [9.17, 15) is 14.7 Å². The highest BCUT2D eigenvalue weighted by Gasteiger charge is 2.40. The molecular weight excluding hydrogens is 548 g/mol. The van der Waals surface area contributed by atoms with E-state index in [2.05, 4.69) is 10.3 Å². The summed E-state index contributed by atoms with van der Waals surface area (Å²) in [6.45, 7) is 4.53. The van der Waals surface area contributed by atoms with E-state index < -0.39 is 12.2 Å². The van der Waals surface area contributed by atoms with Gasteiger partial charge >= 0.3 is 0 Å². The largest absolute Gasteiger partial charge is 0.497 e. The lowest BCUT2D eigenvalue weighted by molar-refractivity contribution is -0.166. The van der Waals surface area contributed by atoms with E-state index in [1.165, 1.54) is 0 Å². The standard InChI is InChI=1S/C33H40N4O6/c1-5-42-33-25(12-9-17-38)27(30-21(2)36(3)37(32(30)40)23-10-7-6-8-11-23)19-29(43-33)31(39)34-16-15-22-20-35-28-14-13-24(41-4)18-26(22)28/h6-8,10-11,13-14,18-20,25,27,33,35,38H,5,9,12,15-17H2,1-4H3,(H,34,39). The second-order valence-electron chi connectivity index (χ2n) is 10.7. The summed E-state index contributed by atoms with van der Waals surface area (Å²) in [5.74, 6) is -0.211. The minimum Gasteiger partial charge on any atom is -0.497 e. The first-order valence-electron chi connectivity index (χ1n) is 14.7. The van der Waals surface area contributed by atoms with Crippen molar-refractivity contribution in [2.75, 3.05) is 26.9 Å². The quantitative estimate of drug-likeness (QED) is 0.230. The molecule has 3 heterocycles. The predicted molar refractivity (Wildman–Crippen MR) is 164 cm³/mol. The molecule has 228 valence electrons. The maximum absolute atomic E-state index is 14.0. The second-order valence-corrected chi connectivity index (χ2v) is 10.7. The molecule has 2 aromatic carbocycles. The highest BCUT2D eigenvalue weighted by molar-refractivity contribution is 5.92. The van der Waals surface area contributed by atoms with Crippen LogP contribution in [-0.4, -0.2) is 58.5 Å². The molecule has 0 bridgehead atoms. The van der Waals surface area contributed by atoms with Crippen LogP contribution < -0.4 is 15.6 Å². The Morgan fingerprint density at radius 3 is 2.70 bits per heavy atom. The first-order chi connectivity index (χ1) is 20.9. The molecule has 0 saturated heterocycles. The van der Waals surface area contributed by atoms with E-state index in [-0.39, 0.29) is 29.8 Å². The van der Waals surface area contributed by atoms with Gasteiger partial charge < -0.3 is 29.6 Å². The Morgan fingerprint density at radius 1 is 1.19 bits per heavy atom. The number of hydrogen-bond acceptors (Lipinski definition) is 6. The fraction of sp³-hybridized carbons (Fsp3) is 0.394. The molecule has 1 amide bonds. The van der Waals surface area contributed by atoms with Gasteiger partial charge in [-0.15, -0.1) is 0 Å². The SMILES string of the molecule is CCOC1OC(C(=O)NCCc2c[nH]c3ccc(OC)cc23)=CC(c2c(C)n(C)n(-c3ccccc3)c2=O)C1CCCO. The topological polar surface area (TPSA) is 120 Å². The summed E-state index contributed by atoms with van der Waals surface area (Å²) < 4.78 is 21.0. The van der Waals surface area contributed by atoms with Gasteiger partial charge in [-0.1, -0.05) is 18.2 Å². The third-order valence-corrected chi connectivity index (χ3v) is 8.22. The number of para-hydroxylation sites is 1. The highest BCUT2D eigenvalue weighted by Crippen LogP contribution is 2.39. The van der Waals surface area contributed by atoms with Gasteiger partial charge in [-0.3, -0.25) is 14.3 Å². The molecule has 0 saturated carbocycles. The lowest BCUT2D eigenvalue weighted by atomic mass is 9.80. The molecule has 0 spiro atoms. The molecule has 10 nitrogen and oxygen atoms in total. The zero-order chi connectivity index (χ0) is 30.5. The number of nitrogens with zero attached hydrogens (tertiary/aromatic N) is 2. The number of ether oxygens (including phenoxy) is 3. The maximum atomic E-state index is 14.0. The van der Waals surface area contributed by atoms with Crippen LogP contribution in [0.25, 0.3) is 16.6 Å². The number of H-pyrrole nitrogens is 1. The van der Waals surface area contributed by atoms with E-state index >= 15 is 0 Å². The van der Waals surface area contributed by atoms with Crippen molar-refractivity contribution in [2.45, 2.75) is 45.3 Å². The predicted octanol–water partition coefficient (Wildman–Crippen LogP) is 4.08. The Balaban J connectivity index is 1.45. The minimum atomic E-state index is -0.752. The number of allylic oxidation sites excluding steroid dienone is 1. The van der Waals surface area contributed by atoms with Crippen LogP contribution in [0, 0.1) is 12.8 Å². The van der Waals surface area contributed by atoms with E-state index in [1.807, 2.05) is 80.3 Å². The van der Waals surface area contributed by atoms with Crippen molar-refractivity contribution in [1.82, 2.24) is 19.7 Å². The summed E-state index contributed by atoms with van der Waals surface area (Å²) in [5.41, 5.74) is 4.02. The number of hydrogen-bond donors (Lipinski definition) is 3. The van der Waals surface area contributed by atoms with Crippen molar-refractivity contribution in [1.29, 1.82) is 0 Å². The Labute approximate surface area is 250 Å². The Kier molecular flexibility index (Phi) is 9.37. The van der Waals surface area contributed by atoms with Gasteiger partial charge in [0, 0.05) is 67.0 Å². The number of amides is 1. The number of carbonyl (C=O) groups is 1. The summed E-state index contributed by atoms with van der Waals surface area (Å²) in [4.78, 5) is 30.7. The van der Waals surface area contributed by atoms with Gasteiger partial charge in [0.1, 0.15) is 5.75 Å². The number of aliphatic hydroxyl groups is 1. The summed E-state index contributed by atoms with van der Waals surface area (Å²) in [5, 5.41) is 13.7. The monoisotopic (exact) mass is 588 g/mol. The number of methoxy groups -OCH3 is 1. The van der Waals surface area contributed by atoms with Crippen LogP contribution in [0.2, 0.25) is 0 Å². The van der Waals surface area contributed by atoms with Gasteiger partial charge in [-0.25, -0.2) is 4.68 Å². The smallest absolute Gasteiger partial charge is 0.286 e. The first-order valence-corrected chi connectivity index (χ1v) is 14.7. The summed E-state index contributed by atoms with van der Waals surface area (Å²) in [7, 11) is 3.49. The summed E-state index contributed by atoms with van der Waals surface area (Å²) in [6.07, 6.45) is 4.61. The van der Waals surface area contributed by atoms with Gasteiger partial charge in [0.25, 0.3) is 11.5 Å². The maximum Gasteiger partial charge on any atom is 0.286 e. The van der Waals surface area contributed by atoms with Crippen molar-refractivity contribution in [3.63, 3.8) is 0 Å². The number of aromatic nitrogens is 3. The Bertz CT molecular complexity index is 1650. The number of nitrogens with one attached hydrogen (secondary N) is 2. The highest BCUT2D eigenvalue weighted by atomic mass is 16.7. The van der Waals surface area contributed by atoms with Crippen molar-refractivity contribution in [3.8, 4) is 11.4 Å². The molecule has 10 heteroatoms. The molecule has 43 heavy (non-hydrogen) atoms. The van der Waals surface area contributed by atoms with Crippen LogP contribution in [0.4, 0.5) is 0 Å². The van der Waals surface area contributed by atoms with Gasteiger partial charge in [-0.05, 0) is 75.1 Å².